The second kappa shape index (κ2) is 26.3. The number of alkyl halides is 3. The Morgan fingerprint density at radius 2 is 0.984 bits per heavy atom. The first-order chi connectivity index (χ1) is 28.6. The van der Waals surface area contributed by atoms with Gasteiger partial charge in [-0.25, -0.2) is 0 Å². The van der Waals surface area contributed by atoms with Crippen LogP contribution in [0, 0.1) is 53.7 Å². The number of nitrogens with zero attached hydrogens (tertiary/aromatic N) is 2. The fourth-order valence-corrected chi connectivity index (χ4v) is 7.13. The smallest absolute Gasteiger partial charge is 0.300 e. The predicted molar refractivity (Wildman–Crippen MR) is 241 cm³/mol. The number of aromatic nitrogens is 2. The van der Waals surface area contributed by atoms with Gasteiger partial charge in [0.2, 0.25) is 0 Å². The molecule has 0 spiro atoms. The van der Waals surface area contributed by atoms with Crippen LogP contribution in [0.4, 0.5) is 13.2 Å². The van der Waals surface area contributed by atoms with E-state index >= 15 is 0 Å². The van der Waals surface area contributed by atoms with E-state index in [1.807, 2.05) is 45.0 Å². The molecule has 0 unspecified atom stereocenters. The van der Waals surface area contributed by atoms with Gasteiger partial charge in [-0.15, -0.1) is 69.8 Å². The standard InChI is InChI=1S/C21H19F3N.C21H22N.2C5H8O2.2Ir/c1-13-9-14(2)11-17(10-13)19-12-15(3)20-16(7-8-21(22,23)24)5-4-6-18(20)25-19;1-5-7-17-13-20(18-11-14(2)10-15(3)12-18)22-19-9-6-8-16(4)21(17)19;2*1-4(6)3-5(2)7;;/h4-6,9-10,12H,7-8H2,1-3H3;6,8-11,13H,5,7H2,1-4H3;2*3H2,1-2H3;;/q2*-1;;;;. The fraction of sp³-hybridized carbons (Fsp3) is 0.346. The Hall–Kier alpha value is -4.53. The van der Waals surface area contributed by atoms with Crippen LogP contribution in [0.25, 0.3) is 44.3 Å². The Morgan fingerprint density at radius 1 is 0.556 bits per heavy atom. The average molecular weight is 1220 g/mol. The minimum absolute atomic E-state index is 0. The summed E-state index contributed by atoms with van der Waals surface area (Å²) in [5.41, 5.74) is 14.6. The monoisotopic (exact) mass is 1220 g/mol. The summed E-state index contributed by atoms with van der Waals surface area (Å²) in [7, 11) is 0. The molecule has 2 heterocycles. The number of carbonyl (C=O) groups excluding carboxylic acids is 4. The van der Waals surface area contributed by atoms with Gasteiger partial charge in [0.25, 0.3) is 0 Å². The number of aryl methyl sites for hydroxylation is 8. The molecule has 0 bridgehead atoms. The SMILES string of the molecule is CC(=O)CC(C)=O.CC(=O)CC(C)=O.CCCc1cc(-c2[c-]c(C)cc(C)c2)nc2cccc(C)c12.Cc1[c-]c(-c2cc(C)c3c(CCC(F)(F)F)cccc3n2)cc(C)c1.[Ir].[Ir]. The Balaban J connectivity index is 0.000000476. The fourth-order valence-electron chi connectivity index (χ4n) is 7.13. The Labute approximate surface area is 398 Å². The van der Waals surface area contributed by atoms with E-state index in [1.54, 1.807) is 12.1 Å². The van der Waals surface area contributed by atoms with Crippen molar-refractivity contribution >= 4 is 44.9 Å². The van der Waals surface area contributed by atoms with Crippen molar-refractivity contribution in [1.29, 1.82) is 0 Å². The topological polar surface area (TPSA) is 94.1 Å². The minimum atomic E-state index is -4.16. The Morgan fingerprint density at radius 3 is 1.38 bits per heavy atom. The maximum atomic E-state index is 12.6. The van der Waals surface area contributed by atoms with Crippen molar-refractivity contribution in [2.24, 2.45) is 0 Å². The summed E-state index contributed by atoms with van der Waals surface area (Å²) >= 11 is 0. The van der Waals surface area contributed by atoms with Crippen LogP contribution < -0.4 is 0 Å². The molecule has 6 rings (SSSR count). The zero-order chi connectivity index (χ0) is 45.6. The van der Waals surface area contributed by atoms with Gasteiger partial charge in [-0.2, -0.15) is 13.2 Å². The molecule has 0 aliphatic carbocycles. The third-order valence-electron chi connectivity index (χ3n) is 9.28. The summed E-state index contributed by atoms with van der Waals surface area (Å²) in [6.07, 6.45) is -2.61. The number of fused-ring (bicyclic) bond motifs is 2. The second-order valence-electron chi connectivity index (χ2n) is 15.8. The zero-order valence-corrected chi connectivity index (χ0v) is 42.8. The third kappa shape index (κ3) is 19.0. The van der Waals surface area contributed by atoms with Crippen LogP contribution in [0.2, 0.25) is 0 Å². The van der Waals surface area contributed by atoms with E-state index in [4.69, 9.17) is 4.98 Å². The van der Waals surface area contributed by atoms with E-state index in [-0.39, 0.29) is 82.6 Å². The van der Waals surface area contributed by atoms with Crippen LogP contribution in [0.3, 0.4) is 0 Å². The van der Waals surface area contributed by atoms with Gasteiger partial charge in [0.05, 0.1) is 23.9 Å². The van der Waals surface area contributed by atoms with Crippen molar-refractivity contribution in [2.75, 3.05) is 0 Å². The molecule has 0 aliphatic heterocycles. The second-order valence-corrected chi connectivity index (χ2v) is 15.8. The number of carbonyl (C=O) groups is 4. The van der Waals surface area contributed by atoms with Crippen LogP contribution in [0.1, 0.15) is 105 Å². The maximum Gasteiger partial charge on any atom is 0.389 e. The van der Waals surface area contributed by atoms with Crippen LogP contribution in [-0.4, -0.2) is 39.3 Å². The first-order valence-electron chi connectivity index (χ1n) is 20.4. The van der Waals surface area contributed by atoms with Crippen molar-refractivity contribution < 1.29 is 72.6 Å². The van der Waals surface area contributed by atoms with E-state index in [9.17, 15) is 32.3 Å². The molecular weight excluding hydrogens is 1160 g/mol. The molecule has 340 valence electrons. The summed E-state index contributed by atoms with van der Waals surface area (Å²) in [5, 5.41) is 2.14. The van der Waals surface area contributed by atoms with Crippen molar-refractivity contribution in [3.8, 4) is 22.5 Å². The number of hydrogen-bond donors (Lipinski definition) is 0. The molecule has 4 aromatic carbocycles. The number of ketones is 4. The van der Waals surface area contributed by atoms with Crippen LogP contribution in [-0.2, 0) is 72.2 Å². The molecule has 0 amide bonds. The van der Waals surface area contributed by atoms with Gasteiger partial charge >= 0.3 is 6.18 Å². The molecule has 6 nitrogen and oxygen atoms in total. The molecule has 2 radical (unpaired) electrons. The van der Waals surface area contributed by atoms with E-state index in [2.05, 4.69) is 81.2 Å². The zero-order valence-electron chi connectivity index (χ0n) is 38.0. The van der Waals surface area contributed by atoms with E-state index in [1.165, 1.54) is 49.8 Å². The largest absolute Gasteiger partial charge is 0.389 e. The van der Waals surface area contributed by atoms with Gasteiger partial charge in [0.15, 0.2) is 0 Å². The van der Waals surface area contributed by atoms with Gasteiger partial charge in [-0.1, -0.05) is 77.4 Å². The summed E-state index contributed by atoms with van der Waals surface area (Å²) in [4.78, 5) is 49.7. The minimum Gasteiger partial charge on any atom is -0.300 e. The molecule has 11 heteroatoms. The first kappa shape index (κ1) is 56.5. The molecule has 0 N–H and O–H groups in total. The molecule has 63 heavy (non-hydrogen) atoms. The molecular formula is C52H57F3Ir2N2O4-2. The number of Topliss-reactive ketones (excluding diaryl/α,β-unsaturated/α-hetero) is 4. The van der Waals surface area contributed by atoms with E-state index < -0.39 is 12.6 Å². The van der Waals surface area contributed by atoms with Gasteiger partial charge in [0.1, 0.15) is 23.1 Å². The van der Waals surface area contributed by atoms with Gasteiger partial charge < -0.3 is 0 Å². The van der Waals surface area contributed by atoms with Crippen LogP contribution in [0.15, 0.2) is 72.8 Å². The molecule has 0 saturated heterocycles. The number of rotatable bonds is 10. The molecule has 6 aromatic rings. The molecule has 2 aromatic heterocycles. The number of benzene rings is 4. The third-order valence-corrected chi connectivity index (χ3v) is 9.28. The molecule has 0 saturated carbocycles. The van der Waals surface area contributed by atoms with Crippen LogP contribution in [0.5, 0.6) is 0 Å². The summed E-state index contributed by atoms with van der Waals surface area (Å²) < 4.78 is 37.7. The molecule has 0 fully saturated rings. The van der Waals surface area contributed by atoms with Crippen molar-refractivity contribution in [3.63, 3.8) is 0 Å². The molecule has 0 atom stereocenters. The van der Waals surface area contributed by atoms with Crippen molar-refractivity contribution in [2.45, 2.75) is 121 Å². The number of hydrogen-bond acceptors (Lipinski definition) is 6. The van der Waals surface area contributed by atoms with E-state index in [0.29, 0.717) is 5.56 Å². The van der Waals surface area contributed by atoms with Crippen LogP contribution >= 0.6 is 0 Å². The maximum absolute atomic E-state index is 12.6. The number of pyridine rings is 2. The first-order valence-corrected chi connectivity index (χ1v) is 20.4. The number of halogens is 3. The summed E-state index contributed by atoms with van der Waals surface area (Å²) in [6, 6.07) is 31.1. The summed E-state index contributed by atoms with van der Waals surface area (Å²) in [6.45, 7) is 20.2. The Bertz CT molecular complexity index is 2440. The van der Waals surface area contributed by atoms with Gasteiger partial charge in [0, 0.05) is 57.4 Å². The van der Waals surface area contributed by atoms with Gasteiger partial charge in [-0.3, -0.25) is 29.1 Å². The quantitative estimate of drug-likeness (QED) is 0.100. The van der Waals surface area contributed by atoms with Gasteiger partial charge in [-0.05, 0) is 100 Å². The molecule has 0 aliphatic rings. The average Bonchev–Trinajstić information content (AvgIpc) is 3.12. The normalized spacial score (nSPS) is 10.4. The Kier molecular flexibility index (Phi) is 23.6. The summed E-state index contributed by atoms with van der Waals surface area (Å²) in [5.74, 6) is -0.250. The van der Waals surface area contributed by atoms with E-state index in [0.717, 1.165) is 74.0 Å². The predicted octanol–water partition coefficient (Wildman–Crippen LogP) is 12.8. The van der Waals surface area contributed by atoms with Crippen molar-refractivity contribution in [1.82, 2.24) is 9.97 Å². The van der Waals surface area contributed by atoms with Crippen molar-refractivity contribution in [3.05, 3.63) is 129 Å².